The number of hydrogen-bond donors (Lipinski definition) is 1. The van der Waals surface area contributed by atoms with Crippen LogP contribution in [0.3, 0.4) is 0 Å². The summed E-state index contributed by atoms with van der Waals surface area (Å²) in [6.45, 7) is 9.21. The standard InChI is InChI=1S/C17H24N2O/c1-5-6-15-16(14-9-7-13(4)8-10-14)17(20)19(18-15)11-12(2)3/h7-10,12,20H,5-6,11H2,1-4H3. The SMILES string of the molecule is CCCc1nn(CC(C)C)c(O)c1-c1ccc(C)cc1. The van der Waals surface area contributed by atoms with E-state index in [-0.39, 0.29) is 0 Å². The summed E-state index contributed by atoms with van der Waals surface area (Å²) >= 11 is 0. The molecule has 0 saturated heterocycles. The van der Waals surface area contributed by atoms with Crippen molar-refractivity contribution in [3.63, 3.8) is 0 Å². The number of aromatic hydroxyl groups is 1. The Bertz CT molecular complexity index is 567. The second-order valence-corrected chi connectivity index (χ2v) is 5.84. The fourth-order valence-corrected chi connectivity index (χ4v) is 2.40. The summed E-state index contributed by atoms with van der Waals surface area (Å²) < 4.78 is 1.74. The van der Waals surface area contributed by atoms with E-state index in [1.165, 1.54) is 5.56 Å². The molecular formula is C17H24N2O. The first-order chi connectivity index (χ1) is 9.52. The van der Waals surface area contributed by atoms with E-state index in [0.29, 0.717) is 11.8 Å². The Morgan fingerprint density at radius 2 is 1.85 bits per heavy atom. The molecule has 20 heavy (non-hydrogen) atoms. The lowest BCUT2D eigenvalue weighted by Gasteiger charge is -2.06. The highest BCUT2D eigenvalue weighted by molar-refractivity contribution is 5.71. The first kappa shape index (κ1) is 14.6. The molecule has 1 aromatic heterocycles. The van der Waals surface area contributed by atoms with Crippen LogP contribution in [0.25, 0.3) is 11.1 Å². The van der Waals surface area contributed by atoms with E-state index in [4.69, 9.17) is 0 Å². The zero-order valence-electron chi connectivity index (χ0n) is 12.8. The average molecular weight is 272 g/mol. The van der Waals surface area contributed by atoms with E-state index in [0.717, 1.165) is 36.2 Å². The Labute approximate surface area is 121 Å². The molecule has 0 unspecified atom stereocenters. The predicted molar refractivity (Wildman–Crippen MR) is 82.9 cm³/mol. The summed E-state index contributed by atoms with van der Waals surface area (Å²) in [5, 5.41) is 15.1. The molecule has 0 saturated carbocycles. The molecule has 0 spiro atoms. The van der Waals surface area contributed by atoms with Crippen molar-refractivity contribution in [3.8, 4) is 17.0 Å². The van der Waals surface area contributed by atoms with E-state index >= 15 is 0 Å². The first-order valence-electron chi connectivity index (χ1n) is 7.38. The maximum absolute atomic E-state index is 10.5. The third-order valence-corrected chi connectivity index (χ3v) is 3.36. The summed E-state index contributed by atoms with van der Waals surface area (Å²) in [6.07, 6.45) is 1.92. The van der Waals surface area contributed by atoms with Crippen LogP contribution in [0.2, 0.25) is 0 Å². The smallest absolute Gasteiger partial charge is 0.217 e. The predicted octanol–water partition coefficient (Wildman–Crippen LogP) is 4.17. The van der Waals surface area contributed by atoms with Crippen LogP contribution < -0.4 is 0 Å². The molecule has 0 atom stereocenters. The van der Waals surface area contributed by atoms with Gasteiger partial charge >= 0.3 is 0 Å². The molecule has 1 heterocycles. The first-order valence-corrected chi connectivity index (χ1v) is 7.38. The van der Waals surface area contributed by atoms with Crippen LogP contribution in [0.4, 0.5) is 0 Å². The van der Waals surface area contributed by atoms with Gasteiger partial charge in [0.2, 0.25) is 5.88 Å². The van der Waals surface area contributed by atoms with Crippen molar-refractivity contribution in [2.24, 2.45) is 5.92 Å². The third kappa shape index (κ3) is 3.03. The molecule has 1 N–H and O–H groups in total. The monoisotopic (exact) mass is 272 g/mol. The minimum Gasteiger partial charge on any atom is -0.493 e. The molecule has 0 aliphatic rings. The van der Waals surface area contributed by atoms with Crippen molar-refractivity contribution in [1.29, 1.82) is 0 Å². The quantitative estimate of drug-likeness (QED) is 0.887. The van der Waals surface area contributed by atoms with Gasteiger partial charge in [-0.2, -0.15) is 5.10 Å². The zero-order valence-corrected chi connectivity index (χ0v) is 12.8. The molecule has 3 nitrogen and oxygen atoms in total. The van der Waals surface area contributed by atoms with Crippen molar-refractivity contribution in [1.82, 2.24) is 9.78 Å². The highest BCUT2D eigenvalue weighted by atomic mass is 16.3. The minimum atomic E-state index is 0.297. The van der Waals surface area contributed by atoms with Gasteiger partial charge in [-0.1, -0.05) is 57.0 Å². The molecule has 0 bridgehead atoms. The second kappa shape index (κ2) is 6.12. The van der Waals surface area contributed by atoms with E-state index in [2.05, 4.69) is 57.1 Å². The molecule has 108 valence electrons. The Kier molecular flexibility index (Phi) is 4.48. The molecule has 2 aromatic rings. The molecule has 1 aromatic carbocycles. The fraction of sp³-hybridized carbons (Fsp3) is 0.471. The average Bonchev–Trinajstić information content (AvgIpc) is 2.67. The molecule has 0 fully saturated rings. The fourth-order valence-electron chi connectivity index (χ4n) is 2.40. The molecule has 0 aliphatic carbocycles. The number of hydrogen-bond acceptors (Lipinski definition) is 2. The number of benzene rings is 1. The van der Waals surface area contributed by atoms with E-state index < -0.39 is 0 Å². The van der Waals surface area contributed by atoms with Crippen molar-refractivity contribution < 1.29 is 5.11 Å². The number of aryl methyl sites for hydroxylation is 2. The van der Waals surface area contributed by atoms with Gasteiger partial charge in [0, 0.05) is 6.54 Å². The Morgan fingerprint density at radius 1 is 1.20 bits per heavy atom. The van der Waals surface area contributed by atoms with Crippen LogP contribution in [0.1, 0.15) is 38.4 Å². The summed E-state index contributed by atoms with van der Waals surface area (Å²) in [5.74, 6) is 0.757. The Morgan fingerprint density at radius 3 is 2.40 bits per heavy atom. The van der Waals surface area contributed by atoms with Crippen LogP contribution in [-0.4, -0.2) is 14.9 Å². The topological polar surface area (TPSA) is 38.0 Å². The van der Waals surface area contributed by atoms with Crippen molar-refractivity contribution >= 4 is 0 Å². The molecule has 0 radical (unpaired) electrons. The third-order valence-electron chi connectivity index (χ3n) is 3.36. The van der Waals surface area contributed by atoms with Crippen LogP contribution in [0, 0.1) is 12.8 Å². The van der Waals surface area contributed by atoms with Gasteiger partial charge in [-0.15, -0.1) is 0 Å². The van der Waals surface area contributed by atoms with E-state index in [1.54, 1.807) is 4.68 Å². The highest BCUT2D eigenvalue weighted by Crippen LogP contribution is 2.34. The van der Waals surface area contributed by atoms with E-state index in [1.807, 2.05) is 0 Å². The Balaban J connectivity index is 2.48. The second-order valence-electron chi connectivity index (χ2n) is 5.84. The summed E-state index contributed by atoms with van der Waals surface area (Å²) in [4.78, 5) is 0. The van der Waals surface area contributed by atoms with Crippen molar-refractivity contribution in [2.75, 3.05) is 0 Å². The van der Waals surface area contributed by atoms with Gasteiger partial charge in [0.05, 0.1) is 11.3 Å². The summed E-state index contributed by atoms with van der Waals surface area (Å²) in [5.41, 5.74) is 4.16. The van der Waals surface area contributed by atoms with Crippen LogP contribution >= 0.6 is 0 Å². The lowest BCUT2D eigenvalue weighted by molar-refractivity contribution is 0.372. The largest absolute Gasteiger partial charge is 0.493 e. The van der Waals surface area contributed by atoms with Gasteiger partial charge in [-0.3, -0.25) is 0 Å². The van der Waals surface area contributed by atoms with Gasteiger partial charge in [-0.05, 0) is 24.8 Å². The van der Waals surface area contributed by atoms with Gasteiger partial charge in [0.15, 0.2) is 0 Å². The Hall–Kier alpha value is -1.77. The van der Waals surface area contributed by atoms with Gasteiger partial charge in [0.25, 0.3) is 0 Å². The maximum atomic E-state index is 10.5. The molecule has 2 rings (SSSR count). The molecular weight excluding hydrogens is 248 g/mol. The lowest BCUT2D eigenvalue weighted by Crippen LogP contribution is -2.05. The number of nitrogens with zero attached hydrogens (tertiary/aromatic N) is 2. The van der Waals surface area contributed by atoms with Crippen LogP contribution in [0.5, 0.6) is 5.88 Å². The highest BCUT2D eigenvalue weighted by Gasteiger charge is 2.18. The molecule has 3 heteroatoms. The van der Waals surface area contributed by atoms with Gasteiger partial charge in [-0.25, -0.2) is 4.68 Å². The van der Waals surface area contributed by atoms with Crippen molar-refractivity contribution in [2.45, 2.75) is 47.1 Å². The normalized spacial score (nSPS) is 11.2. The van der Waals surface area contributed by atoms with Crippen molar-refractivity contribution in [3.05, 3.63) is 35.5 Å². The van der Waals surface area contributed by atoms with Gasteiger partial charge < -0.3 is 5.11 Å². The van der Waals surface area contributed by atoms with Crippen LogP contribution in [-0.2, 0) is 13.0 Å². The zero-order chi connectivity index (χ0) is 14.7. The lowest BCUT2D eigenvalue weighted by atomic mass is 10.0. The van der Waals surface area contributed by atoms with Gasteiger partial charge in [0.1, 0.15) is 0 Å². The number of aromatic nitrogens is 2. The molecule has 0 amide bonds. The molecule has 0 aliphatic heterocycles. The number of rotatable bonds is 5. The van der Waals surface area contributed by atoms with Crippen LogP contribution in [0.15, 0.2) is 24.3 Å². The minimum absolute atomic E-state index is 0.297. The maximum Gasteiger partial charge on any atom is 0.217 e. The summed E-state index contributed by atoms with van der Waals surface area (Å²) in [7, 11) is 0. The summed E-state index contributed by atoms with van der Waals surface area (Å²) in [6, 6.07) is 8.27. The van der Waals surface area contributed by atoms with E-state index in [9.17, 15) is 5.11 Å².